The van der Waals surface area contributed by atoms with Crippen molar-refractivity contribution in [3.8, 4) is 0 Å². The fourth-order valence-electron chi connectivity index (χ4n) is 1.28. The predicted molar refractivity (Wildman–Crippen MR) is 39.9 cm³/mol. The highest BCUT2D eigenvalue weighted by Gasteiger charge is 2.13. The second-order valence-electron chi connectivity index (χ2n) is 2.84. The number of halogens is 2. The summed E-state index contributed by atoms with van der Waals surface area (Å²) < 4.78 is 23.4. The topological polar surface area (TPSA) is 24.1 Å². The predicted octanol–water partition coefficient (Wildman–Crippen LogP) is 0.593. The second kappa shape index (κ2) is 4.62. The molecule has 2 N–H and O–H groups in total. The molecule has 0 spiro atoms. The first kappa shape index (κ1) is 8.87. The van der Waals surface area contributed by atoms with E-state index in [1.165, 1.54) is 0 Å². The molecule has 0 saturated carbocycles. The molecule has 0 aliphatic carbocycles. The largest absolute Gasteiger partial charge is 0.315 e. The SMILES string of the molecule is FC(F)CNC1CCCNC1. The average Bonchev–Trinajstić information content (AvgIpc) is 2.03. The van der Waals surface area contributed by atoms with Crippen LogP contribution in [-0.2, 0) is 0 Å². The van der Waals surface area contributed by atoms with Crippen molar-refractivity contribution in [2.45, 2.75) is 25.3 Å². The van der Waals surface area contributed by atoms with Crippen LogP contribution in [0.4, 0.5) is 8.78 Å². The minimum absolute atomic E-state index is 0.174. The molecular formula is C7H14F2N2. The third-order valence-electron chi connectivity index (χ3n) is 1.86. The molecule has 0 amide bonds. The molecule has 1 atom stereocenters. The van der Waals surface area contributed by atoms with Crippen molar-refractivity contribution in [3.63, 3.8) is 0 Å². The summed E-state index contributed by atoms with van der Waals surface area (Å²) in [5.74, 6) is 0. The van der Waals surface area contributed by atoms with Gasteiger partial charge in [-0.3, -0.25) is 0 Å². The van der Waals surface area contributed by atoms with Crippen LogP contribution in [0.3, 0.4) is 0 Å². The molecule has 1 heterocycles. The van der Waals surface area contributed by atoms with Crippen molar-refractivity contribution in [1.29, 1.82) is 0 Å². The number of nitrogens with one attached hydrogen (secondary N) is 2. The van der Waals surface area contributed by atoms with Crippen LogP contribution in [0.15, 0.2) is 0 Å². The van der Waals surface area contributed by atoms with Crippen LogP contribution in [-0.4, -0.2) is 32.1 Å². The number of piperidine rings is 1. The van der Waals surface area contributed by atoms with Crippen molar-refractivity contribution in [3.05, 3.63) is 0 Å². The summed E-state index contributed by atoms with van der Waals surface area (Å²) in [5, 5.41) is 5.96. The minimum Gasteiger partial charge on any atom is -0.315 e. The zero-order chi connectivity index (χ0) is 8.10. The highest BCUT2D eigenvalue weighted by molar-refractivity contribution is 4.74. The lowest BCUT2D eigenvalue weighted by Crippen LogP contribution is -2.44. The molecule has 1 aliphatic heterocycles. The van der Waals surface area contributed by atoms with Crippen LogP contribution in [0, 0.1) is 0 Å². The lowest BCUT2D eigenvalue weighted by molar-refractivity contribution is 0.139. The van der Waals surface area contributed by atoms with Crippen LogP contribution < -0.4 is 10.6 Å². The zero-order valence-electron chi connectivity index (χ0n) is 6.45. The van der Waals surface area contributed by atoms with Gasteiger partial charge < -0.3 is 10.6 Å². The molecule has 0 aromatic carbocycles. The fourth-order valence-corrected chi connectivity index (χ4v) is 1.28. The minimum atomic E-state index is -2.23. The van der Waals surface area contributed by atoms with Gasteiger partial charge in [0, 0.05) is 12.6 Å². The van der Waals surface area contributed by atoms with Gasteiger partial charge in [-0.2, -0.15) is 0 Å². The van der Waals surface area contributed by atoms with Crippen molar-refractivity contribution < 1.29 is 8.78 Å². The van der Waals surface area contributed by atoms with Crippen LogP contribution in [0.5, 0.6) is 0 Å². The van der Waals surface area contributed by atoms with Gasteiger partial charge in [0.25, 0.3) is 6.43 Å². The van der Waals surface area contributed by atoms with E-state index in [0.29, 0.717) is 0 Å². The Hall–Kier alpha value is -0.220. The third kappa shape index (κ3) is 3.62. The number of alkyl halides is 2. The average molecular weight is 164 g/mol. The highest BCUT2D eigenvalue weighted by atomic mass is 19.3. The van der Waals surface area contributed by atoms with E-state index in [1.807, 2.05) is 0 Å². The van der Waals surface area contributed by atoms with Crippen LogP contribution in [0.25, 0.3) is 0 Å². The van der Waals surface area contributed by atoms with E-state index in [1.54, 1.807) is 0 Å². The fraction of sp³-hybridized carbons (Fsp3) is 1.00. The maximum absolute atomic E-state index is 11.7. The Morgan fingerprint density at radius 1 is 1.55 bits per heavy atom. The molecule has 1 saturated heterocycles. The quantitative estimate of drug-likeness (QED) is 0.638. The summed E-state index contributed by atoms with van der Waals surface area (Å²) >= 11 is 0. The van der Waals surface area contributed by atoms with E-state index < -0.39 is 6.43 Å². The van der Waals surface area contributed by atoms with Crippen molar-refractivity contribution in [2.75, 3.05) is 19.6 Å². The lowest BCUT2D eigenvalue weighted by atomic mass is 10.1. The van der Waals surface area contributed by atoms with Crippen molar-refractivity contribution >= 4 is 0 Å². The molecule has 1 fully saturated rings. The van der Waals surface area contributed by atoms with Crippen LogP contribution in [0.2, 0.25) is 0 Å². The van der Waals surface area contributed by atoms with Crippen molar-refractivity contribution in [1.82, 2.24) is 10.6 Å². The monoisotopic (exact) mass is 164 g/mol. The van der Waals surface area contributed by atoms with Crippen molar-refractivity contribution in [2.24, 2.45) is 0 Å². The first-order valence-corrected chi connectivity index (χ1v) is 4.01. The van der Waals surface area contributed by atoms with E-state index in [2.05, 4.69) is 10.6 Å². The summed E-state index contributed by atoms with van der Waals surface area (Å²) in [4.78, 5) is 0. The molecule has 1 aliphatic rings. The zero-order valence-corrected chi connectivity index (χ0v) is 6.45. The number of rotatable bonds is 3. The molecular weight excluding hydrogens is 150 g/mol. The Morgan fingerprint density at radius 3 is 2.91 bits per heavy atom. The van der Waals surface area contributed by atoms with E-state index in [4.69, 9.17) is 0 Å². The molecule has 0 aromatic rings. The summed E-state index contributed by atoms with van der Waals surface area (Å²) in [6.07, 6.45) is -0.127. The molecule has 66 valence electrons. The Labute approximate surface area is 65.4 Å². The Kier molecular flexibility index (Phi) is 3.72. The normalized spacial score (nSPS) is 25.9. The van der Waals surface area contributed by atoms with Gasteiger partial charge in [0.2, 0.25) is 0 Å². The summed E-state index contributed by atoms with van der Waals surface area (Å²) in [5.41, 5.74) is 0. The number of hydrogen-bond acceptors (Lipinski definition) is 2. The molecule has 1 rings (SSSR count). The number of hydrogen-bond donors (Lipinski definition) is 2. The standard InChI is InChI=1S/C7H14F2N2/c8-7(9)5-11-6-2-1-3-10-4-6/h6-7,10-11H,1-5H2. The molecule has 1 unspecified atom stereocenters. The Bertz CT molecular complexity index is 103. The Morgan fingerprint density at radius 2 is 2.36 bits per heavy atom. The second-order valence-corrected chi connectivity index (χ2v) is 2.84. The maximum atomic E-state index is 11.7. The first-order chi connectivity index (χ1) is 5.29. The molecule has 0 aromatic heterocycles. The van der Waals surface area contributed by atoms with E-state index in [-0.39, 0.29) is 12.6 Å². The lowest BCUT2D eigenvalue weighted by Gasteiger charge is -2.23. The summed E-state index contributed by atoms with van der Waals surface area (Å²) in [6.45, 7) is 1.67. The van der Waals surface area contributed by atoms with Gasteiger partial charge in [-0.25, -0.2) is 8.78 Å². The van der Waals surface area contributed by atoms with Gasteiger partial charge in [0.05, 0.1) is 6.54 Å². The smallest absolute Gasteiger partial charge is 0.250 e. The van der Waals surface area contributed by atoms with Gasteiger partial charge in [-0.05, 0) is 19.4 Å². The maximum Gasteiger partial charge on any atom is 0.250 e. The third-order valence-corrected chi connectivity index (χ3v) is 1.86. The van der Waals surface area contributed by atoms with Crippen LogP contribution >= 0.6 is 0 Å². The van der Waals surface area contributed by atoms with E-state index in [0.717, 1.165) is 25.9 Å². The molecule has 2 nitrogen and oxygen atoms in total. The van der Waals surface area contributed by atoms with Gasteiger partial charge in [0.15, 0.2) is 0 Å². The van der Waals surface area contributed by atoms with Gasteiger partial charge in [0.1, 0.15) is 0 Å². The van der Waals surface area contributed by atoms with Gasteiger partial charge in [-0.1, -0.05) is 0 Å². The summed E-state index contributed by atoms with van der Waals surface area (Å²) in [6, 6.07) is 0.248. The molecule has 4 heteroatoms. The molecule has 11 heavy (non-hydrogen) atoms. The van der Waals surface area contributed by atoms with E-state index in [9.17, 15) is 8.78 Å². The summed E-state index contributed by atoms with van der Waals surface area (Å²) in [7, 11) is 0. The highest BCUT2D eigenvalue weighted by Crippen LogP contribution is 2.01. The van der Waals surface area contributed by atoms with Gasteiger partial charge >= 0.3 is 0 Å². The van der Waals surface area contributed by atoms with Gasteiger partial charge in [-0.15, -0.1) is 0 Å². The first-order valence-electron chi connectivity index (χ1n) is 4.01. The van der Waals surface area contributed by atoms with Crippen LogP contribution in [0.1, 0.15) is 12.8 Å². The molecule has 0 radical (unpaired) electrons. The van der Waals surface area contributed by atoms with E-state index >= 15 is 0 Å². The Balaban J connectivity index is 2.05. The molecule has 0 bridgehead atoms.